The number of aromatic nitrogens is 2. The summed E-state index contributed by atoms with van der Waals surface area (Å²) in [4.78, 5) is 14.4. The Bertz CT molecular complexity index is 634. The van der Waals surface area contributed by atoms with Gasteiger partial charge in [-0.05, 0) is 55.5 Å². The van der Waals surface area contributed by atoms with Crippen LogP contribution in [-0.2, 0) is 6.54 Å². The van der Waals surface area contributed by atoms with Gasteiger partial charge in [0.2, 0.25) is 0 Å². The van der Waals surface area contributed by atoms with Gasteiger partial charge in [-0.2, -0.15) is 5.10 Å². The number of likely N-dealkylation sites (tertiary alicyclic amines) is 1. The summed E-state index contributed by atoms with van der Waals surface area (Å²) in [6, 6.07) is 3.38. The zero-order valence-electron chi connectivity index (χ0n) is 12.0. The van der Waals surface area contributed by atoms with Gasteiger partial charge in [-0.15, -0.1) is 0 Å². The summed E-state index contributed by atoms with van der Waals surface area (Å²) < 4.78 is 7.16. The van der Waals surface area contributed by atoms with Crippen molar-refractivity contribution in [1.29, 1.82) is 0 Å². The number of aryl methyl sites for hydroxylation is 1. The van der Waals surface area contributed by atoms with E-state index in [4.69, 9.17) is 16.0 Å². The predicted molar refractivity (Wildman–Crippen MR) is 79.4 cm³/mol. The Labute approximate surface area is 128 Å². The zero-order valence-corrected chi connectivity index (χ0v) is 12.7. The number of halogens is 1. The van der Waals surface area contributed by atoms with Gasteiger partial charge in [-0.1, -0.05) is 0 Å². The van der Waals surface area contributed by atoms with E-state index in [9.17, 15) is 4.79 Å². The van der Waals surface area contributed by atoms with Gasteiger partial charge in [0.05, 0.1) is 18.8 Å². The first-order chi connectivity index (χ1) is 10.1. The van der Waals surface area contributed by atoms with Crippen molar-refractivity contribution in [2.24, 2.45) is 0 Å². The summed E-state index contributed by atoms with van der Waals surface area (Å²) >= 11 is 5.76. The van der Waals surface area contributed by atoms with Crippen LogP contribution in [0.2, 0.25) is 5.22 Å². The first-order valence-electron chi connectivity index (χ1n) is 7.19. The van der Waals surface area contributed by atoms with Crippen LogP contribution >= 0.6 is 11.6 Å². The van der Waals surface area contributed by atoms with E-state index in [0.29, 0.717) is 12.3 Å². The highest BCUT2D eigenvalue weighted by atomic mass is 35.5. The molecule has 0 aromatic carbocycles. The molecule has 0 bridgehead atoms. The highest BCUT2D eigenvalue weighted by Gasteiger charge is 2.29. The second kappa shape index (κ2) is 5.93. The van der Waals surface area contributed by atoms with Gasteiger partial charge < -0.3 is 9.32 Å². The summed E-state index contributed by atoms with van der Waals surface area (Å²) in [5.74, 6) is 0.221. The smallest absolute Gasteiger partial charge is 0.289 e. The largest absolute Gasteiger partial charge is 0.440 e. The summed E-state index contributed by atoms with van der Waals surface area (Å²) in [6.07, 6.45) is 6.98. The van der Waals surface area contributed by atoms with Crippen molar-refractivity contribution >= 4 is 17.5 Å². The van der Waals surface area contributed by atoms with Crippen molar-refractivity contribution < 1.29 is 9.21 Å². The molecule has 1 amide bonds. The summed E-state index contributed by atoms with van der Waals surface area (Å²) in [6.45, 7) is 3.48. The normalized spacial score (nSPS) is 19.0. The summed E-state index contributed by atoms with van der Waals surface area (Å²) in [7, 11) is 0. The molecule has 112 valence electrons. The van der Waals surface area contributed by atoms with Gasteiger partial charge in [0.1, 0.15) is 0 Å². The number of nitrogens with zero attached hydrogens (tertiary/aromatic N) is 3. The fraction of sp³-hybridized carbons (Fsp3) is 0.467. The van der Waals surface area contributed by atoms with Crippen LogP contribution in [0.3, 0.4) is 0 Å². The minimum absolute atomic E-state index is 0.0875. The molecule has 2 aromatic heterocycles. The molecule has 1 aliphatic rings. The lowest BCUT2D eigenvalue weighted by atomic mass is 10.0. The molecular weight excluding hydrogens is 290 g/mol. The number of amides is 1. The van der Waals surface area contributed by atoms with Crippen LogP contribution in [-0.4, -0.2) is 33.2 Å². The van der Waals surface area contributed by atoms with E-state index in [1.165, 1.54) is 0 Å². The van der Waals surface area contributed by atoms with Gasteiger partial charge in [-0.3, -0.25) is 9.48 Å². The fourth-order valence-electron chi connectivity index (χ4n) is 2.81. The molecule has 21 heavy (non-hydrogen) atoms. The molecule has 5 nitrogen and oxygen atoms in total. The third kappa shape index (κ3) is 3.13. The maximum absolute atomic E-state index is 12.6. The van der Waals surface area contributed by atoms with Crippen LogP contribution in [0, 0.1) is 6.92 Å². The molecule has 1 saturated heterocycles. The Kier molecular flexibility index (Phi) is 4.01. The molecule has 0 saturated carbocycles. The third-order valence-electron chi connectivity index (χ3n) is 3.83. The molecular formula is C15H18ClN3O2. The monoisotopic (exact) mass is 307 g/mol. The lowest BCUT2D eigenvalue weighted by Crippen LogP contribution is -2.45. The average Bonchev–Trinajstić information content (AvgIpc) is 3.08. The number of hydrogen-bond acceptors (Lipinski definition) is 3. The van der Waals surface area contributed by atoms with Crippen LogP contribution in [0.1, 0.15) is 35.4 Å². The highest BCUT2D eigenvalue weighted by Crippen LogP contribution is 2.23. The van der Waals surface area contributed by atoms with E-state index in [1.54, 1.807) is 12.1 Å². The van der Waals surface area contributed by atoms with E-state index in [-0.39, 0.29) is 17.2 Å². The van der Waals surface area contributed by atoms with Crippen molar-refractivity contribution in [3.8, 4) is 0 Å². The standard InChI is InChI=1S/C15H18ClN3O2/c1-11-8-17-18(9-11)10-12-4-2-3-7-19(12)15(20)13-5-6-14(16)21-13/h5-6,8-9,12H,2-4,7,10H2,1H3/t12-/m0/s1. The first kappa shape index (κ1) is 14.2. The van der Waals surface area contributed by atoms with Crippen LogP contribution in [0.5, 0.6) is 0 Å². The Morgan fingerprint density at radius 3 is 3.00 bits per heavy atom. The minimum Gasteiger partial charge on any atom is -0.440 e. The van der Waals surface area contributed by atoms with Crippen molar-refractivity contribution in [2.45, 2.75) is 38.8 Å². The van der Waals surface area contributed by atoms with Crippen LogP contribution in [0.4, 0.5) is 0 Å². The lowest BCUT2D eigenvalue weighted by Gasteiger charge is -2.35. The molecule has 2 aromatic rings. The van der Waals surface area contributed by atoms with E-state index in [2.05, 4.69) is 5.10 Å². The molecule has 6 heteroatoms. The number of carbonyl (C=O) groups excluding carboxylic acids is 1. The fourth-order valence-corrected chi connectivity index (χ4v) is 2.96. The quantitative estimate of drug-likeness (QED) is 0.875. The van der Waals surface area contributed by atoms with E-state index >= 15 is 0 Å². The lowest BCUT2D eigenvalue weighted by molar-refractivity contribution is 0.0552. The molecule has 0 N–H and O–H groups in total. The average molecular weight is 308 g/mol. The molecule has 3 rings (SSSR count). The molecule has 0 unspecified atom stereocenters. The molecule has 3 heterocycles. The van der Waals surface area contributed by atoms with Gasteiger partial charge in [-0.25, -0.2) is 0 Å². The summed E-state index contributed by atoms with van der Waals surface area (Å²) in [5, 5.41) is 4.56. The molecule has 0 aliphatic carbocycles. The van der Waals surface area contributed by atoms with Crippen LogP contribution in [0.15, 0.2) is 28.9 Å². The second-order valence-corrected chi connectivity index (χ2v) is 5.86. The Hall–Kier alpha value is -1.75. The Morgan fingerprint density at radius 2 is 2.33 bits per heavy atom. The summed E-state index contributed by atoms with van der Waals surface area (Å²) in [5.41, 5.74) is 1.13. The molecule has 1 fully saturated rings. The SMILES string of the molecule is Cc1cnn(C[C@@H]2CCCCN2C(=O)c2ccc(Cl)o2)c1. The Balaban J connectivity index is 1.76. The van der Waals surface area contributed by atoms with Crippen molar-refractivity contribution in [2.75, 3.05) is 6.54 Å². The number of piperidine rings is 1. The number of rotatable bonds is 3. The van der Waals surface area contributed by atoms with E-state index < -0.39 is 0 Å². The molecule has 0 radical (unpaired) electrons. The number of furan rings is 1. The Morgan fingerprint density at radius 1 is 1.48 bits per heavy atom. The first-order valence-corrected chi connectivity index (χ1v) is 7.56. The van der Waals surface area contributed by atoms with Crippen molar-refractivity contribution in [3.63, 3.8) is 0 Å². The van der Waals surface area contributed by atoms with Crippen LogP contribution < -0.4 is 0 Å². The minimum atomic E-state index is -0.0875. The number of carbonyl (C=O) groups is 1. The molecule has 1 atom stereocenters. The number of hydrogen-bond donors (Lipinski definition) is 0. The van der Waals surface area contributed by atoms with E-state index in [1.807, 2.05) is 28.9 Å². The van der Waals surface area contributed by atoms with Crippen molar-refractivity contribution in [1.82, 2.24) is 14.7 Å². The predicted octanol–water partition coefficient (Wildman–Crippen LogP) is 3.13. The van der Waals surface area contributed by atoms with Gasteiger partial charge >= 0.3 is 0 Å². The van der Waals surface area contributed by atoms with Gasteiger partial charge in [0, 0.05) is 12.7 Å². The van der Waals surface area contributed by atoms with Crippen molar-refractivity contribution in [3.05, 3.63) is 41.1 Å². The van der Waals surface area contributed by atoms with E-state index in [0.717, 1.165) is 31.4 Å². The van der Waals surface area contributed by atoms with Gasteiger partial charge in [0.15, 0.2) is 11.0 Å². The maximum atomic E-state index is 12.6. The molecule has 1 aliphatic heterocycles. The highest BCUT2D eigenvalue weighted by molar-refractivity contribution is 6.29. The second-order valence-electron chi connectivity index (χ2n) is 5.49. The molecule has 0 spiro atoms. The maximum Gasteiger partial charge on any atom is 0.289 e. The zero-order chi connectivity index (χ0) is 14.8. The van der Waals surface area contributed by atoms with Gasteiger partial charge in [0.25, 0.3) is 5.91 Å². The topological polar surface area (TPSA) is 51.3 Å². The third-order valence-corrected chi connectivity index (χ3v) is 4.04. The van der Waals surface area contributed by atoms with Crippen LogP contribution in [0.25, 0.3) is 0 Å².